The van der Waals surface area contributed by atoms with Crippen molar-refractivity contribution in [1.29, 1.82) is 0 Å². The fourth-order valence-corrected chi connectivity index (χ4v) is 2.41. The second kappa shape index (κ2) is 5.64. The van der Waals surface area contributed by atoms with Gasteiger partial charge in [0, 0.05) is 19.0 Å². The van der Waals surface area contributed by atoms with Gasteiger partial charge in [-0.25, -0.2) is 0 Å². The molecule has 4 heteroatoms. The highest BCUT2D eigenvalue weighted by Gasteiger charge is 2.32. The van der Waals surface area contributed by atoms with Crippen molar-refractivity contribution in [2.24, 2.45) is 17.6 Å². The van der Waals surface area contributed by atoms with E-state index in [0.29, 0.717) is 19.0 Å². The number of hydrogen-bond donors (Lipinski definition) is 3. The maximum atomic E-state index is 10.8. The van der Waals surface area contributed by atoms with Gasteiger partial charge >= 0.3 is 0 Å². The minimum Gasteiger partial charge on any atom is -0.389 e. The molecule has 4 nitrogen and oxygen atoms in total. The van der Waals surface area contributed by atoms with Crippen LogP contribution in [0, 0.1) is 11.8 Å². The van der Waals surface area contributed by atoms with Gasteiger partial charge in [-0.2, -0.15) is 0 Å². The number of carbonyl (C=O) groups is 1. The Balaban J connectivity index is 2.28. The molecule has 0 saturated heterocycles. The average Bonchev–Trinajstić information content (AvgIpc) is 2.16. The van der Waals surface area contributed by atoms with Crippen LogP contribution in [0.3, 0.4) is 0 Å². The van der Waals surface area contributed by atoms with E-state index < -0.39 is 5.60 Å². The Labute approximate surface area is 97.6 Å². The van der Waals surface area contributed by atoms with Crippen LogP contribution in [-0.2, 0) is 4.79 Å². The first-order valence-electron chi connectivity index (χ1n) is 6.15. The first-order valence-corrected chi connectivity index (χ1v) is 6.15. The molecule has 1 saturated carbocycles. The van der Waals surface area contributed by atoms with E-state index in [9.17, 15) is 9.90 Å². The summed E-state index contributed by atoms with van der Waals surface area (Å²) in [4.78, 5) is 10.8. The largest absolute Gasteiger partial charge is 0.389 e. The van der Waals surface area contributed by atoms with Gasteiger partial charge in [0.05, 0.1) is 5.60 Å². The minimum atomic E-state index is -0.588. The zero-order chi connectivity index (χ0) is 12.2. The summed E-state index contributed by atoms with van der Waals surface area (Å²) in [6.45, 7) is 5.08. The Morgan fingerprint density at radius 2 is 2.38 bits per heavy atom. The molecule has 1 aliphatic carbocycles. The Hall–Kier alpha value is -0.610. The molecular formula is C12H24N2O2. The molecule has 0 spiro atoms. The standard InChI is InChI=1S/C12H24N2O2/c1-9-4-3-5-12(16,6-9)8-14-7-10(2)11(13)15/h9-10,14,16H,3-8H2,1-2H3,(H2,13,15). The van der Waals surface area contributed by atoms with Crippen molar-refractivity contribution in [2.75, 3.05) is 13.1 Å². The van der Waals surface area contributed by atoms with Gasteiger partial charge in [0.15, 0.2) is 0 Å². The van der Waals surface area contributed by atoms with Crippen molar-refractivity contribution in [1.82, 2.24) is 5.32 Å². The lowest BCUT2D eigenvalue weighted by Gasteiger charge is -2.36. The van der Waals surface area contributed by atoms with E-state index in [1.165, 1.54) is 6.42 Å². The summed E-state index contributed by atoms with van der Waals surface area (Å²) in [5, 5.41) is 13.5. The Morgan fingerprint density at radius 1 is 1.69 bits per heavy atom. The second-order valence-electron chi connectivity index (χ2n) is 5.36. The third kappa shape index (κ3) is 4.10. The normalized spacial score (nSPS) is 32.3. The Bertz CT molecular complexity index is 245. The van der Waals surface area contributed by atoms with Gasteiger partial charge in [-0.15, -0.1) is 0 Å². The molecule has 1 rings (SSSR count). The smallest absolute Gasteiger partial charge is 0.221 e. The quantitative estimate of drug-likeness (QED) is 0.646. The lowest BCUT2D eigenvalue weighted by atomic mass is 9.79. The molecule has 0 radical (unpaired) electrons. The molecule has 16 heavy (non-hydrogen) atoms. The number of amides is 1. The van der Waals surface area contributed by atoms with Gasteiger partial charge in [-0.3, -0.25) is 4.79 Å². The summed E-state index contributed by atoms with van der Waals surface area (Å²) in [7, 11) is 0. The van der Waals surface area contributed by atoms with E-state index >= 15 is 0 Å². The summed E-state index contributed by atoms with van der Waals surface area (Å²) < 4.78 is 0. The predicted octanol–water partition coefficient (Wildman–Crippen LogP) is 0.639. The fourth-order valence-electron chi connectivity index (χ4n) is 2.41. The molecule has 0 aromatic heterocycles. The van der Waals surface area contributed by atoms with Gasteiger partial charge in [-0.05, 0) is 18.8 Å². The Kier molecular flexibility index (Phi) is 4.74. The number of nitrogens with one attached hydrogen (secondary N) is 1. The maximum absolute atomic E-state index is 10.8. The summed E-state index contributed by atoms with van der Waals surface area (Å²) in [6, 6.07) is 0. The number of hydrogen-bond acceptors (Lipinski definition) is 3. The lowest BCUT2D eigenvalue weighted by molar-refractivity contribution is -0.121. The van der Waals surface area contributed by atoms with Crippen LogP contribution in [-0.4, -0.2) is 29.7 Å². The third-order valence-electron chi connectivity index (χ3n) is 3.46. The monoisotopic (exact) mass is 228 g/mol. The Morgan fingerprint density at radius 3 is 2.94 bits per heavy atom. The molecule has 4 N–H and O–H groups in total. The molecule has 1 fully saturated rings. The van der Waals surface area contributed by atoms with Gasteiger partial charge in [0.1, 0.15) is 0 Å². The number of aliphatic hydroxyl groups is 1. The van der Waals surface area contributed by atoms with Crippen LogP contribution in [0.5, 0.6) is 0 Å². The van der Waals surface area contributed by atoms with E-state index in [4.69, 9.17) is 5.73 Å². The van der Waals surface area contributed by atoms with Gasteiger partial charge in [0.2, 0.25) is 5.91 Å². The van der Waals surface area contributed by atoms with Crippen molar-refractivity contribution < 1.29 is 9.90 Å². The van der Waals surface area contributed by atoms with Gasteiger partial charge < -0.3 is 16.2 Å². The summed E-state index contributed by atoms with van der Waals surface area (Å²) in [5.41, 5.74) is 4.58. The van der Waals surface area contributed by atoms with Crippen LogP contribution < -0.4 is 11.1 Å². The number of primary amides is 1. The summed E-state index contributed by atoms with van der Waals surface area (Å²) in [5.74, 6) is 0.121. The average molecular weight is 228 g/mol. The van der Waals surface area contributed by atoms with Crippen molar-refractivity contribution in [3.63, 3.8) is 0 Å². The first kappa shape index (κ1) is 13.5. The molecular weight excluding hydrogens is 204 g/mol. The predicted molar refractivity (Wildman–Crippen MR) is 63.8 cm³/mol. The molecule has 94 valence electrons. The highest BCUT2D eigenvalue weighted by Crippen LogP contribution is 2.31. The van der Waals surface area contributed by atoms with E-state index in [2.05, 4.69) is 12.2 Å². The van der Waals surface area contributed by atoms with Crippen molar-refractivity contribution in [3.05, 3.63) is 0 Å². The van der Waals surface area contributed by atoms with E-state index in [1.807, 2.05) is 0 Å². The molecule has 0 aromatic carbocycles. The second-order valence-corrected chi connectivity index (χ2v) is 5.36. The maximum Gasteiger partial charge on any atom is 0.221 e. The fraction of sp³-hybridized carbons (Fsp3) is 0.917. The summed E-state index contributed by atoms with van der Waals surface area (Å²) in [6.07, 6.45) is 4.00. The zero-order valence-electron chi connectivity index (χ0n) is 10.3. The number of rotatable bonds is 5. The SMILES string of the molecule is CC1CCCC(O)(CNCC(C)C(N)=O)C1. The third-order valence-corrected chi connectivity index (χ3v) is 3.46. The molecule has 0 aliphatic heterocycles. The molecule has 3 unspecified atom stereocenters. The van der Waals surface area contributed by atoms with Gasteiger partial charge in [0.25, 0.3) is 0 Å². The molecule has 0 heterocycles. The van der Waals surface area contributed by atoms with Crippen LogP contribution in [0.25, 0.3) is 0 Å². The zero-order valence-corrected chi connectivity index (χ0v) is 10.3. The van der Waals surface area contributed by atoms with Crippen molar-refractivity contribution in [3.8, 4) is 0 Å². The van der Waals surface area contributed by atoms with Crippen LogP contribution in [0.2, 0.25) is 0 Å². The number of carbonyl (C=O) groups excluding carboxylic acids is 1. The van der Waals surface area contributed by atoms with Crippen LogP contribution in [0.15, 0.2) is 0 Å². The number of nitrogens with two attached hydrogens (primary N) is 1. The molecule has 0 bridgehead atoms. The molecule has 1 amide bonds. The van der Waals surface area contributed by atoms with Gasteiger partial charge in [-0.1, -0.05) is 26.7 Å². The first-order chi connectivity index (χ1) is 7.43. The molecule has 1 aliphatic rings. The van der Waals surface area contributed by atoms with E-state index in [0.717, 1.165) is 19.3 Å². The van der Waals surface area contributed by atoms with E-state index in [1.54, 1.807) is 6.92 Å². The van der Waals surface area contributed by atoms with Crippen LogP contribution in [0.1, 0.15) is 39.5 Å². The lowest BCUT2D eigenvalue weighted by Crippen LogP contribution is -2.45. The highest BCUT2D eigenvalue weighted by molar-refractivity contribution is 5.76. The van der Waals surface area contributed by atoms with E-state index in [-0.39, 0.29) is 11.8 Å². The molecule has 3 atom stereocenters. The summed E-state index contributed by atoms with van der Waals surface area (Å²) >= 11 is 0. The minimum absolute atomic E-state index is 0.176. The van der Waals surface area contributed by atoms with Crippen molar-refractivity contribution >= 4 is 5.91 Å². The van der Waals surface area contributed by atoms with Crippen LogP contribution in [0.4, 0.5) is 0 Å². The highest BCUT2D eigenvalue weighted by atomic mass is 16.3. The van der Waals surface area contributed by atoms with Crippen molar-refractivity contribution in [2.45, 2.75) is 45.1 Å². The topological polar surface area (TPSA) is 75.3 Å². The van der Waals surface area contributed by atoms with Crippen LogP contribution >= 0.6 is 0 Å². The molecule has 0 aromatic rings.